The molecular weight excluding hydrogens is 192 g/mol. The first-order valence-corrected chi connectivity index (χ1v) is 5.72. The van der Waals surface area contributed by atoms with Gasteiger partial charge in [0.05, 0.1) is 12.7 Å². The fourth-order valence-electron chi connectivity index (χ4n) is 2.01. The zero-order chi connectivity index (χ0) is 10.8. The van der Waals surface area contributed by atoms with E-state index in [0.717, 1.165) is 39.1 Å². The quantitative estimate of drug-likeness (QED) is 0.669. The molecule has 4 heteroatoms. The molecule has 1 aliphatic heterocycles. The van der Waals surface area contributed by atoms with Gasteiger partial charge in [0.1, 0.15) is 0 Å². The molecule has 0 spiro atoms. The molecule has 2 aliphatic rings. The lowest BCUT2D eigenvalue weighted by Gasteiger charge is -2.32. The van der Waals surface area contributed by atoms with Crippen molar-refractivity contribution in [2.45, 2.75) is 18.9 Å². The molecular formula is C11H20N2O2. The maximum absolute atomic E-state index is 11.7. The molecule has 1 amide bonds. The summed E-state index contributed by atoms with van der Waals surface area (Å²) >= 11 is 0. The third-order valence-corrected chi connectivity index (χ3v) is 3.12. The topological polar surface area (TPSA) is 32.8 Å². The normalized spacial score (nSPS) is 27.7. The zero-order valence-electron chi connectivity index (χ0n) is 9.61. The summed E-state index contributed by atoms with van der Waals surface area (Å²) < 4.78 is 5.63. The predicted molar refractivity (Wildman–Crippen MR) is 57.6 cm³/mol. The van der Waals surface area contributed by atoms with E-state index in [1.54, 1.807) is 0 Å². The fourth-order valence-corrected chi connectivity index (χ4v) is 2.01. The van der Waals surface area contributed by atoms with Gasteiger partial charge in [0.15, 0.2) is 0 Å². The third kappa shape index (κ3) is 2.92. The van der Waals surface area contributed by atoms with Gasteiger partial charge in [-0.2, -0.15) is 0 Å². The molecule has 0 aromatic heterocycles. The average Bonchev–Trinajstić information content (AvgIpc) is 2.99. The summed E-state index contributed by atoms with van der Waals surface area (Å²) in [5, 5.41) is 0. The Bertz CT molecular complexity index is 241. The van der Waals surface area contributed by atoms with Gasteiger partial charge in [0.25, 0.3) is 0 Å². The van der Waals surface area contributed by atoms with Gasteiger partial charge in [-0.15, -0.1) is 0 Å². The third-order valence-electron chi connectivity index (χ3n) is 3.12. The van der Waals surface area contributed by atoms with Crippen LogP contribution in [-0.4, -0.2) is 62.1 Å². The molecule has 1 saturated carbocycles. The van der Waals surface area contributed by atoms with Gasteiger partial charge in [-0.25, -0.2) is 0 Å². The van der Waals surface area contributed by atoms with Crippen LogP contribution in [0.2, 0.25) is 0 Å². The largest absolute Gasteiger partial charge is 0.374 e. The number of hydrogen-bond donors (Lipinski definition) is 0. The van der Waals surface area contributed by atoms with Crippen LogP contribution in [0.5, 0.6) is 0 Å². The number of ether oxygens (including phenoxy) is 1. The van der Waals surface area contributed by atoms with E-state index < -0.39 is 0 Å². The summed E-state index contributed by atoms with van der Waals surface area (Å²) in [5.74, 6) is 0.614. The first-order chi connectivity index (χ1) is 7.16. The van der Waals surface area contributed by atoms with E-state index in [9.17, 15) is 4.79 Å². The minimum atomic E-state index is 0.191. The molecule has 15 heavy (non-hydrogen) atoms. The highest BCUT2D eigenvalue weighted by Crippen LogP contribution is 2.30. The Hall–Kier alpha value is -0.610. The summed E-state index contributed by atoms with van der Waals surface area (Å²) in [4.78, 5) is 15.8. The van der Waals surface area contributed by atoms with Crippen LogP contribution in [0.1, 0.15) is 12.8 Å². The Balaban J connectivity index is 1.77. The van der Waals surface area contributed by atoms with E-state index in [1.807, 2.05) is 11.9 Å². The van der Waals surface area contributed by atoms with Crippen molar-refractivity contribution in [1.29, 1.82) is 0 Å². The van der Waals surface area contributed by atoms with Crippen molar-refractivity contribution in [2.24, 2.45) is 5.92 Å². The van der Waals surface area contributed by atoms with E-state index >= 15 is 0 Å². The SMILES string of the molecule is CN1CCOC(CN(C)C(=O)C2CC2)C1. The van der Waals surface area contributed by atoms with E-state index in [0.29, 0.717) is 11.8 Å². The second-order valence-corrected chi connectivity index (χ2v) is 4.75. The van der Waals surface area contributed by atoms with Crippen LogP contribution in [0.15, 0.2) is 0 Å². The first-order valence-electron chi connectivity index (χ1n) is 5.72. The maximum Gasteiger partial charge on any atom is 0.225 e. The van der Waals surface area contributed by atoms with E-state index in [2.05, 4.69) is 11.9 Å². The Morgan fingerprint density at radius 1 is 1.53 bits per heavy atom. The molecule has 1 atom stereocenters. The van der Waals surface area contributed by atoms with Crippen molar-refractivity contribution in [3.63, 3.8) is 0 Å². The van der Waals surface area contributed by atoms with Crippen LogP contribution < -0.4 is 0 Å². The van der Waals surface area contributed by atoms with Crippen molar-refractivity contribution < 1.29 is 9.53 Å². The molecule has 2 rings (SSSR count). The highest BCUT2D eigenvalue weighted by molar-refractivity contribution is 5.80. The molecule has 0 bridgehead atoms. The average molecular weight is 212 g/mol. The van der Waals surface area contributed by atoms with Crippen LogP contribution in [0.4, 0.5) is 0 Å². The van der Waals surface area contributed by atoms with Gasteiger partial charge in [-0.05, 0) is 19.9 Å². The highest BCUT2D eigenvalue weighted by atomic mass is 16.5. The van der Waals surface area contributed by atoms with Gasteiger partial charge in [0, 0.05) is 32.6 Å². The lowest BCUT2D eigenvalue weighted by Crippen LogP contribution is -2.46. The van der Waals surface area contributed by atoms with Crippen LogP contribution in [0.3, 0.4) is 0 Å². The number of nitrogens with zero attached hydrogens (tertiary/aromatic N) is 2. The molecule has 0 aromatic rings. The molecule has 0 radical (unpaired) electrons. The number of carbonyl (C=O) groups excluding carboxylic acids is 1. The van der Waals surface area contributed by atoms with Gasteiger partial charge < -0.3 is 14.5 Å². The molecule has 1 aliphatic carbocycles. The van der Waals surface area contributed by atoms with E-state index in [4.69, 9.17) is 4.74 Å². The fraction of sp³-hybridized carbons (Fsp3) is 0.909. The predicted octanol–water partition coefficient (Wildman–Crippen LogP) is 0.185. The lowest BCUT2D eigenvalue weighted by atomic mass is 10.2. The van der Waals surface area contributed by atoms with Crippen molar-refractivity contribution in [1.82, 2.24) is 9.80 Å². The number of hydrogen-bond acceptors (Lipinski definition) is 3. The smallest absolute Gasteiger partial charge is 0.225 e. The Kier molecular flexibility index (Phi) is 3.26. The van der Waals surface area contributed by atoms with Crippen molar-refractivity contribution in [3.8, 4) is 0 Å². The number of carbonyl (C=O) groups is 1. The standard InChI is InChI=1S/C11H20N2O2/c1-12-5-6-15-10(7-12)8-13(2)11(14)9-3-4-9/h9-10H,3-8H2,1-2H3. The lowest BCUT2D eigenvalue weighted by molar-refractivity contribution is -0.134. The molecule has 1 saturated heterocycles. The molecule has 86 valence electrons. The van der Waals surface area contributed by atoms with E-state index in [-0.39, 0.29) is 6.10 Å². The number of amides is 1. The van der Waals surface area contributed by atoms with Crippen LogP contribution in [0.25, 0.3) is 0 Å². The summed E-state index contributed by atoms with van der Waals surface area (Å²) in [6, 6.07) is 0. The minimum absolute atomic E-state index is 0.191. The van der Waals surface area contributed by atoms with Gasteiger partial charge in [-0.1, -0.05) is 0 Å². The molecule has 4 nitrogen and oxygen atoms in total. The zero-order valence-corrected chi connectivity index (χ0v) is 9.61. The summed E-state index contributed by atoms with van der Waals surface area (Å²) in [5.41, 5.74) is 0. The summed E-state index contributed by atoms with van der Waals surface area (Å²) in [6.07, 6.45) is 2.35. The van der Waals surface area contributed by atoms with Crippen molar-refractivity contribution in [2.75, 3.05) is 40.3 Å². The van der Waals surface area contributed by atoms with Crippen LogP contribution >= 0.6 is 0 Å². The second kappa shape index (κ2) is 4.49. The number of rotatable bonds is 3. The van der Waals surface area contributed by atoms with Gasteiger partial charge in [-0.3, -0.25) is 4.79 Å². The van der Waals surface area contributed by atoms with E-state index in [1.165, 1.54) is 0 Å². The summed E-state index contributed by atoms with van der Waals surface area (Å²) in [7, 11) is 3.98. The van der Waals surface area contributed by atoms with Gasteiger partial charge in [0.2, 0.25) is 5.91 Å². The van der Waals surface area contributed by atoms with Crippen molar-refractivity contribution in [3.05, 3.63) is 0 Å². The van der Waals surface area contributed by atoms with Gasteiger partial charge >= 0.3 is 0 Å². The number of likely N-dealkylation sites (N-methyl/N-ethyl adjacent to an activating group) is 2. The Labute approximate surface area is 91.2 Å². The molecule has 1 unspecified atom stereocenters. The monoisotopic (exact) mass is 212 g/mol. The van der Waals surface area contributed by atoms with Crippen LogP contribution in [-0.2, 0) is 9.53 Å². The second-order valence-electron chi connectivity index (χ2n) is 4.75. The molecule has 1 heterocycles. The number of morpholine rings is 1. The Morgan fingerprint density at radius 2 is 2.27 bits per heavy atom. The Morgan fingerprint density at radius 3 is 2.87 bits per heavy atom. The molecule has 0 N–H and O–H groups in total. The first kappa shape index (κ1) is 10.9. The molecule has 0 aromatic carbocycles. The summed E-state index contributed by atoms with van der Waals surface area (Å²) in [6.45, 7) is 3.45. The van der Waals surface area contributed by atoms with Crippen molar-refractivity contribution >= 4 is 5.91 Å². The van der Waals surface area contributed by atoms with Crippen LogP contribution in [0, 0.1) is 5.92 Å². The maximum atomic E-state index is 11.7. The minimum Gasteiger partial charge on any atom is -0.374 e. The molecule has 2 fully saturated rings. The highest BCUT2D eigenvalue weighted by Gasteiger charge is 2.33.